The van der Waals surface area contributed by atoms with Crippen LogP contribution in [0, 0.1) is 0 Å². The quantitative estimate of drug-likeness (QED) is 0.755. The third kappa shape index (κ3) is 2.80. The molecule has 4 heteroatoms. The van der Waals surface area contributed by atoms with Crippen molar-refractivity contribution >= 4 is 23.4 Å². The Balaban J connectivity index is 2.30. The summed E-state index contributed by atoms with van der Waals surface area (Å²) < 4.78 is 0.226. The zero-order chi connectivity index (χ0) is 12.5. The lowest BCUT2D eigenvalue weighted by Gasteiger charge is -2.38. The molecule has 92 valence electrons. The van der Waals surface area contributed by atoms with Crippen molar-refractivity contribution in [1.82, 2.24) is 4.98 Å². The Morgan fingerprint density at radius 3 is 2.94 bits per heavy atom. The average Bonchev–Trinajstić information content (AvgIpc) is 2.27. The first-order valence-corrected chi connectivity index (χ1v) is 6.83. The van der Waals surface area contributed by atoms with E-state index in [0.29, 0.717) is 0 Å². The molecule has 2 heterocycles. The molecule has 2 rings (SSSR count). The van der Waals surface area contributed by atoms with Crippen LogP contribution in [0.1, 0.15) is 31.1 Å². The van der Waals surface area contributed by atoms with Gasteiger partial charge in [0.1, 0.15) is 5.82 Å². The van der Waals surface area contributed by atoms with Gasteiger partial charge in [0, 0.05) is 29.8 Å². The second-order valence-electron chi connectivity index (χ2n) is 4.96. The first-order valence-electron chi connectivity index (χ1n) is 5.84. The number of nitrogens with zero attached hydrogens (tertiary/aromatic N) is 2. The van der Waals surface area contributed by atoms with Gasteiger partial charge in [-0.25, -0.2) is 4.98 Å². The Bertz CT molecular complexity index is 431. The standard InChI is InChI=1S/C13H18N2OS/c1-10(16)11-5-4-6-14-12(11)15-7-8-17-13(2,3)9-15/h4-6H,7-9H2,1-3H3. The molecule has 0 saturated carbocycles. The van der Waals surface area contributed by atoms with E-state index >= 15 is 0 Å². The monoisotopic (exact) mass is 250 g/mol. The summed E-state index contributed by atoms with van der Waals surface area (Å²) >= 11 is 1.98. The van der Waals surface area contributed by atoms with Crippen molar-refractivity contribution in [2.24, 2.45) is 0 Å². The first kappa shape index (κ1) is 12.4. The fourth-order valence-corrected chi connectivity index (χ4v) is 3.23. The highest BCUT2D eigenvalue weighted by molar-refractivity contribution is 8.00. The summed E-state index contributed by atoms with van der Waals surface area (Å²) in [6.45, 7) is 7.98. The van der Waals surface area contributed by atoms with Gasteiger partial charge in [-0.05, 0) is 32.9 Å². The van der Waals surface area contributed by atoms with E-state index in [-0.39, 0.29) is 10.5 Å². The van der Waals surface area contributed by atoms with Gasteiger partial charge in [-0.15, -0.1) is 0 Å². The molecule has 0 radical (unpaired) electrons. The van der Waals surface area contributed by atoms with Gasteiger partial charge < -0.3 is 4.90 Å². The predicted octanol–water partition coefficient (Wildman–Crippen LogP) is 2.62. The third-order valence-corrected chi connectivity index (χ3v) is 4.19. The summed E-state index contributed by atoms with van der Waals surface area (Å²) in [5.74, 6) is 2.01. The smallest absolute Gasteiger partial charge is 0.163 e. The van der Waals surface area contributed by atoms with Crippen LogP contribution in [0.2, 0.25) is 0 Å². The van der Waals surface area contributed by atoms with E-state index < -0.39 is 0 Å². The molecule has 0 atom stereocenters. The Hall–Kier alpha value is -1.03. The largest absolute Gasteiger partial charge is 0.354 e. The number of pyridine rings is 1. The molecule has 0 amide bonds. The van der Waals surface area contributed by atoms with Crippen molar-refractivity contribution < 1.29 is 4.79 Å². The van der Waals surface area contributed by atoms with Gasteiger partial charge in [-0.3, -0.25) is 4.79 Å². The van der Waals surface area contributed by atoms with Gasteiger partial charge in [0.15, 0.2) is 5.78 Å². The van der Waals surface area contributed by atoms with Gasteiger partial charge >= 0.3 is 0 Å². The van der Waals surface area contributed by atoms with Crippen molar-refractivity contribution in [3.63, 3.8) is 0 Å². The molecule has 0 aliphatic carbocycles. The van der Waals surface area contributed by atoms with Gasteiger partial charge in [-0.2, -0.15) is 11.8 Å². The molecular weight excluding hydrogens is 232 g/mol. The lowest BCUT2D eigenvalue weighted by molar-refractivity contribution is 0.101. The van der Waals surface area contributed by atoms with Crippen LogP contribution < -0.4 is 4.90 Å². The SMILES string of the molecule is CC(=O)c1cccnc1N1CCSC(C)(C)C1. The fourth-order valence-electron chi connectivity index (χ4n) is 2.12. The van der Waals surface area contributed by atoms with E-state index in [9.17, 15) is 4.79 Å². The molecule has 0 N–H and O–H groups in total. The minimum absolute atomic E-state index is 0.0872. The number of hydrogen-bond donors (Lipinski definition) is 0. The number of rotatable bonds is 2. The van der Waals surface area contributed by atoms with Gasteiger partial charge in [-0.1, -0.05) is 0 Å². The zero-order valence-corrected chi connectivity index (χ0v) is 11.4. The van der Waals surface area contributed by atoms with Crippen LogP contribution in [0.3, 0.4) is 0 Å². The average molecular weight is 250 g/mol. The third-order valence-electron chi connectivity index (χ3n) is 2.89. The Morgan fingerprint density at radius 1 is 1.53 bits per heavy atom. The summed E-state index contributed by atoms with van der Waals surface area (Å²) in [5.41, 5.74) is 0.732. The summed E-state index contributed by atoms with van der Waals surface area (Å²) in [4.78, 5) is 18.2. The zero-order valence-electron chi connectivity index (χ0n) is 10.6. The lowest BCUT2D eigenvalue weighted by atomic mass is 10.1. The number of aromatic nitrogens is 1. The van der Waals surface area contributed by atoms with Gasteiger partial charge in [0.25, 0.3) is 0 Å². The molecule has 1 saturated heterocycles. The summed E-state index contributed by atoms with van der Waals surface area (Å²) in [7, 11) is 0. The maximum absolute atomic E-state index is 11.6. The molecule has 1 aliphatic rings. The minimum Gasteiger partial charge on any atom is -0.354 e. The molecule has 17 heavy (non-hydrogen) atoms. The van der Waals surface area contributed by atoms with Crippen molar-refractivity contribution in [1.29, 1.82) is 0 Å². The van der Waals surface area contributed by atoms with Crippen LogP contribution >= 0.6 is 11.8 Å². The molecule has 1 fully saturated rings. The predicted molar refractivity (Wildman–Crippen MR) is 73.0 cm³/mol. The van der Waals surface area contributed by atoms with E-state index in [2.05, 4.69) is 23.7 Å². The number of ketones is 1. The second kappa shape index (κ2) is 4.69. The molecule has 1 aromatic heterocycles. The Kier molecular flexibility index (Phi) is 3.43. The number of hydrogen-bond acceptors (Lipinski definition) is 4. The summed E-state index contributed by atoms with van der Waals surface area (Å²) in [6, 6.07) is 3.68. The first-order chi connectivity index (χ1) is 7.99. The highest BCUT2D eigenvalue weighted by Crippen LogP contribution is 2.32. The van der Waals surface area contributed by atoms with Crippen molar-refractivity contribution in [3.8, 4) is 0 Å². The maximum atomic E-state index is 11.6. The Labute approximate surface area is 107 Å². The van der Waals surface area contributed by atoms with E-state index in [4.69, 9.17) is 0 Å². The highest BCUT2D eigenvalue weighted by atomic mass is 32.2. The highest BCUT2D eigenvalue weighted by Gasteiger charge is 2.29. The van der Waals surface area contributed by atoms with E-state index in [1.165, 1.54) is 0 Å². The lowest BCUT2D eigenvalue weighted by Crippen LogP contribution is -2.44. The fraction of sp³-hybridized carbons (Fsp3) is 0.538. The molecule has 1 aromatic rings. The molecule has 0 unspecified atom stereocenters. The molecule has 1 aliphatic heterocycles. The number of thioether (sulfide) groups is 1. The second-order valence-corrected chi connectivity index (χ2v) is 6.76. The van der Waals surface area contributed by atoms with Crippen LogP contribution in [-0.4, -0.2) is 34.4 Å². The van der Waals surface area contributed by atoms with Crippen molar-refractivity contribution in [2.75, 3.05) is 23.7 Å². The van der Waals surface area contributed by atoms with Crippen LogP contribution in [0.5, 0.6) is 0 Å². The van der Waals surface area contributed by atoms with Crippen LogP contribution in [-0.2, 0) is 0 Å². The number of Topliss-reactive ketones (excluding diaryl/α,β-unsaturated/α-hetero) is 1. The normalized spacial score (nSPS) is 19.1. The van der Waals surface area contributed by atoms with E-state index in [0.717, 1.165) is 30.2 Å². The van der Waals surface area contributed by atoms with Crippen molar-refractivity contribution in [3.05, 3.63) is 23.9 Å². The minimum atomic E-state index is 0.0872. The summed E-state index contributed by atoms with van der Waals surface area (Å²) in [6.07, 6.45) is 1.76. The number of anilines is 1. The van der Waals surface area contributed by atoms with E-state index in [1.54, 1.807) is 13.1 Å². The summed E-state index contributed by atoms with van der Waals surface area (Å²) in [5, 5.41) is 0. The number of carbonyl (C=O) groups is 1. The molecule has 0 aromatic carbocycles. The van der Waals surface area contributed by atoms with Crippen LogP contribution in [0.4, 0.5) is 5.82 Å². The van der Waals surface area contributed by atoms with Crippen LogP contribution in [0.25, 0.3) is 0 Å². The maximum Gasteiger partial charge on any atom is 0.163 e. The molecule has 3 nitrogen and oxygen atoms in total. The molecule has 0 spiro atoms. The van der Waals surface area contributed by atoms with Crippen molar-refractivity contribution in [2.45, 2.75) is 25.5 Å². The molecule has 0 bridgehead atoms. The van der Waals surface area contributed by atoms with Crippen LogP contribution in [0.15, 0.2) is 18.3 Å². The van der Waals surface area contributed by atoms with Gasteiger partial charge in [0.2, 0.25) is 0 Å². The topological polar surface area (TPSA) is 33.2 Å². The Morgan fingerprint density at radius 2 is 2.29 bits per heavy atom. The number of carbonyl (C=O) groups excluding carboxylic acids is 1. The molecular formula is C13H18N2OS. The van der Waals surface area contributed by atoms with E-state index in [1.807, 2.05) is 23.9 Å². The van der Waals surface area contributed by atoms with Gasteiger partial charge in [0.05, 0.1) is 5.56 Å².